The number of benzene rings is 3. The number of hydrogen-bond donors (Lipinski definition) is 0. The van der Waals surface area contributed by atoms with Gasteiger partial charge in [0, 0.05) is 22.0 Å². The molecule has 7 rings (SSSR count). The predicted molar refractivity (Wildman–Crippen MR) is 162 cm³/mol. The van der Waals surface area contributed by atoms with E-state index in [2.05, 4.69) is 22.0 Å². The fourth-order valence-electron chi connectivity index (χ4n) is 5.67. The first-order chi connectivity index (χ1) is 19.9. The highest BCUT2D eigenvalue weighted by Crippen LogP contribution is 2.47. The molecule has 5 nitrogen and oxygen atoms in total. The van der Waals surface area contributed by atoms with Gasteiger partial charge in [0.15, 0.2) is 0 Å². The quantitative estimate of drug-likeness (QED) is 0.186. The SMILES string of the molecule is O=c1oc2ccc(Br)cc2cc1-c1cnc(N2N=C3/C(=C/c4ccc(F)cc4)CCCC3C2c2ccc(F)cc2)s1. The lowest BCUT2D eigenvalue weighted by atomic mass is 9.77. The summed E-state index contributed by atoms with van der Waals surface area (Å²) in [7, 11) is 0. The number of aromatic nitrogens is 1. The molecule has 2 atom stereocenters. The van der Waals surface area contributed by atoms with Gasteiger partial charge in [-0.15, -0.1) is 0 Å². The van der Waals surface area contributed by atoms with Gasteiger partial charge in [-0.2, -0.15) is 5.10 Å². The maximum absolute atomic E-state index is 13.9. The van der Waals surface area contributed by atoms with Crippen molar-refractivity contribution in [3.8, 4) is 10.4 Å². The zero-order valence-electron chi connectivity index (χ0n) is 21.6. The number of allylic oxidation sites excluding steroid dienone is 1. The lowest BCUT2D eigenvalue weighted by molar-refractivity contribution is 0.486. The van der Waals surface area contributed by atoms with Gasteiger partial charge in [0.2, 0.25) is 5.13 Å². The fourth-order valence-corrected chi connectivity index (χ4v) is 6.96. The number of anilines is 1. The van der Waals surface area contributed by atoms with Gasteiger partial charge in [-0.05, 0) is 90.6 Å². The van der Waals surface area contributed by atoms with E-state index in [-0.39, 0.29) is 23.6 Å². The Balaban J connectivity index is 1.31. The minimum absolute atomic E-state index is 0.0661. The number of fused-ring (bicyclic) bond motifs is 2. The first-order valence-electron chi connectivity index (χ1n) is 13.2. The first-order valence-corrected chi connectivity index (χ1v) is 14.8. The van der Waals surface area contributed by atoms with Gasteiger partial charge in [-0.1, -0.05) is 51.5 Å². The van der Waals surface area contributed by atoms with Crippen molar-refractivity contribution in [3.05, 3.63) is 122 Å². The molecule has 0 radical (unpaired) electrons. The molecule has 0 amide bonds. The van der Waals surface area contributed by atoms with E-state index in [1.165, 1.54) is 35.6 Å². The third-order valence-electron chi connectivity index (χ3n) is 7.57. The second kappa shape index (κ2) is 10.5. The van der Waals surface area contributed by atoms with Gasteiger partial charge in [-0.3, -0.25) is 0 Å². The number of hydrazone groups is 1. The van der Waals surface area contributed by atoms with Crippen LogP contribution in [-0.2, 0) is 0 Å². The van der Waals surface area contributed by atoms with Crippen LogP contribution in [0.1, 0.15) is 36.4 Å². The largest absolute Gasteiger partial charge is 0.422 e. The van der Waals surface area contributed by atoms with Gasteiger partial charge in [0.1, 0.15) is 17.2 Å². The van der Waals surface area contributed by atoms with E-state index in [1.54, 1.807) is 36.5 Å². The first kappa shape index (κ1) is 26.0. The van der Waals surface area contributed by atoms with Crippen LogP contribution in [-0.4, -0.2) is 10.7 Å². The van der Waals surface area contributed by atoms with Crippen molar-refractivity contribution in [2.24, 2.45) is 11.0 Å². The highest BCUT2D eigenvalue weighted by molar-refractivity contribution is 9.10. The number of nitrogens with zero attached hydrogens (tertiary/aromatic N) is 3. The van der Waals surface area contributed by atoms with Crippen molar-refractivity contribution in [1.29, 1.82) is 0 Å². The topological polar surface area (TPSA) is 58.7 Å². The molecule has 1 saturated carbocycles. The van der Waals surface area contributed by atoms with Crippen molar-refractivity contribution >= 4 is 55.2 Å². The number of thiazole rings is 1. The summed E-state index contributed by atoms with van der Waals surface area (Å²) in [5, 5.41) is 8.44. The molecule has 41 heavy (non-hydrogen) atoms. The Hall–Kier alpha value is -3.95. The maximum Gasteiger partial charge on any atom is 0.345 e. The average molecular weight is 631 g/mol. The second-order valence-electron chi connectivity index (χ2n) is 10.2. The van der Waals surface area contributed by atoms with E-state index < -0.39 is 5.63 Å². The van der Waals surface area contributed by atoms with Gasteiger partial charge >= 0.3 is 5.63 Å². The molecule has 0 spiro atoms. The molecule has 3 aromatic carbocycles. The van der Waals surface area contributed by atoms with Crippen LogP contribution >= 0.6 is 27.3 Å². The van der Waals surface area contributed by atoms with Crippen LogP contribution < -0.4 is 10.6 Å². The van der Waals surface area contributed by atoms with E-state index >= 15 is 0 Å². The minimum atomic E-state index is -0.434. The summed E-state index contributed by atoms with van der Waals surface area (Å²) in [4.78, 5) is 18.3. The second-order valence-corrected chi connectivity index (χ2v) is 12.1. The maximum atomic E-state index is 13.9. The van der Waals surface area contributed by atoms with Gasteiger partial charge in [0.25, 0.3) is 0 Å². The van der Waals surface area contributed by atoms with Crippen LogP contribution in [0.25, 0.3) is 27.5 Å². The molecule has 2 unspecified atom stereocenters. The van der Waals surface area contributed by atoms with Crippen molar-refractivity contribution < 1.29 is 13.2 Å². The highest BCUT2D eigenvalue weighted by Gasteiger charge is 2.43. The molecule has 5 aromatic rings. The third-order valence-corrected chi connectivity index (χ3v) is 9.09. The van der Waals surface area contributed by atoms with Crippen molar-refractivity contribution in [2.45, 2.75) is 25.3 Å². The van der Waals surface area contributed by atoms with Gasteiger partial charge in [0.05, 0.1) is 22.2 Å². The Bertz CT molecular complexity index is 1900. The minimum Gasteiger partial charge on any atom is -0.422 e. The molecule has 0 bridgehead atoms. The summed E-state index contributed by atoms with van der Waals surface area (Å²) in [5.74, 6) is -0.510. The Morgan fingerprint density at radius 3 is 2.54 bits per heavy atom. The van der Waals surface area contributed by atoms with Crippen molar-refractivity contribution in [2.75, 3.05) is 5.01 Å². The van der Waals surface area contributed by atoms with Gasteiger partial charge < -0.3 is 4.42 Å². The standard InChI is InChI=1S/C32H22BrF2N3O2S/c33-22-8-13-27-21(15-22)16-26(31(39)40-27)28-17-36-32(41-28)38-30(19-6-11-24(35)12-7-19)25-3-1-2-20(29(25)37-38)14-18-4-9-23(34)10-5-18/h4-17,25,30H,1-3H2/b20-14+. The summed E-state index contributed by atoms with van der Waals surface area (Å²) in [6, 6.07) is 20.1. The average Bonchev–Trinajstić information content (AvgIpc) is 3.61. The number of rotatable bonds is 4. The summed E-state index contributed by atoms with van der Waals surface area (Å²) in [5.41, 5.74) is 4.41. The molecule has 2 aliphatic rings. The smallest absolute Gasteiger partial charge is 0.345 e. The van der Waals surface area contributed by atoms with Crippen LogP contribution in [0.5, 0.6) is 0 Å². The molecular formula is C32H22BrF2N3O2S. The van der Waals surface area contributed by atoms with E-state index in [9.17, 15) is 13.6 Å². The van der Waals surface area contributed by atoms with Crippen LogP contribution in [0.15, 0.2) is 103 Å². The van der Waals surface area contributed by atoms with E-state index in [0.717, 1.165) is 51.5 Å². The molecule has 1 aliphatic heterocycles. The zero-order chi connectivity index (χ0) is 28.1. The molecule has 0 saturated heterocycles. The summed E-state index contributed by atoms with van der Waals surface area (Å²) in [6.45, 7) is 0. The normalized spacial score (nSPS) is 19.5. The van der Waals surface area contributed by atoms with Crippen LogP contribution in [0, 0.1) is 17.6 Å². The monoisotopic (exact) mass is 629 g/mol. The Morgan fingerprint density at radius 2 is 1.76 bits per heavy atom. The Kier molecular flexibility index (Phi) is 6.63. The molecule has 0 N–H and O–H groups in total. The molecule has 3 heterocycles. The molecule has 2 aromatic heterocycles. The fraction of sp³-hybridized carbons (Fsp3) is 0.156. The summed E-state index contributed by atoms with van der Waals surface area (Å²) >= 11 is 4.84. The molecule has 204 valence electrons. The van der Waals surface area contributed by atoms with E-state index in [4.69, 9.17) is 14.5 Å². The predicted octanol–water partition coefficient (Wildman–Crippen LogP) is 8.76. The van der Waals surface area contributed by atoms with Crippen molar-refractivity contribution in [1.82, 2.24) is 4.98 Å². The molecule has 1 aliphatic carbocycles. The third kappa shape index (κ3) is 4.93. The number of hydrogen-bond acceptors (Lipinski definition) is 6. The lowest BCUT2D eigenvalue weighted by Crippen LogP contribution is -2.28. The van der Waals surface area contributed by atoms with Crippen LogP contribution in [0.3, 0.4) is 0 Å². The highest BCUT2D eigenvalue weighted by atomic mass is 79.9. The summed E-state index contributed by atoms with van der Waals surface area (Å²) < 4.78 is 33.9. The lowest BCUT2D eigenvalue weighted by Gasteiger charge is -2.29. The zero-order valence-corrected chi connectivity index (χ0v) is 24.0. The molecule has 1 fully saturated rings. The molecule has 9 heteroatoms. The Morgan fingerprint density at radius 1 is 1.00 bits per heavy atom. The number of halogens is 3. The van der Waals surface area contributed by atoms with Gasteiger partial charge in [-0.25, -0.2) is 23.6 Å². The Labute approximate surface area is 246 Å². The molecular weight excluding hydrogens is 608 g/mol. The van der Waals surface area contributed by atoms with Crippen LogP contribution in [0.2, 0.25) is 0 Å². The van der Waals surface area contributed by atoms with Crippen molar-refractivity contribution in [3.63, 3.8) is 0 Å². The van der Waals surface area contributed by atoms with Crippen LogP contribution in [0.4, 0.5) is 13.9 Å². The van der Waals surface area contributed by atoms with E-state index in [0.29, 0.717) is 21.2 Å². The summed E-state index contributed by atoms with van der Waals surface area (Å²) in [6.07, 6.45) is 6.49. The van der Waals surface area contributed by atoms with E-state index in [1.807, 2.05) is 23.2 Å².